The number of alkyl halides is 2. The van der Waals surface area contributed by atoms with E-state index in [1.54, 1.807) is 25.7 Å². The minimum atomic E-state index is -3.29. The van der Waals surface area contributed by atoms with Crippen LogP contribution in [0.15, 0.2) is 10.5 Å². The number of hydrogen-bond donors (Lipinski definition) is 0. The zero-order valence-corrected chi connectivity index (χ0v) is 24.4. The molecule has 0 unspecified atom stereocenters. The van der Waals surface area contributed by atoms with Crippen LogP contribution in [0.4, 0.5) is 23.8 Å². The smallest absolute Gasteiger partial charge is 0.410 e. The van der Waals surface area contributed by atoms with Gasteiger partial charge in [-0.15, -0.1) is 0 Å². The van der Waals surface area contributed by atoms with Crippen LogP contribution in [-0.2, 0) is 10.7 Å². The molecule has 3 saturated heterocycles. The molecular formula is C27H35BrF3N5O3. The van der Waals surface area contributed by atoms with E-state index in [1.165, 1.54) is 6.07 Å². The highest BCUT2D eigenvalue weighted by molar-refractivity contribution is 9.10. The van der Waals surface area contributed by atoms with Gasteiger partial charge in [0.25, 0.3) is 5.92 Å². The van der Waals surface area contributed by atoms with Crippen LogP contribution in [0, 0.1) is 5.82 Å². The lowest BCUT2D eigenvalue weighted by molar-refractivity contribution is 0.0164. The molecule has 1 aromatic carbocycles. The van der Waals surface area contributed by atoms with E-state index in [-0.39, 0.29) is 26.9 Å². The molecule has 2 aromatic rings. The summed E-state index contributed by atoms with van der Waals surface area (Å²) in [5.41, 5.74) is -1.25. The second-order valence-electron chi connectivity index (χ2n) is 11.8. The first kappa shape index (κ1) is 28.2. The first-order valence-corrected chi connectivity index (χ1v) is 14.3. The maximum atomic E-state index is 15.6. The Labute approximate surface area is 235 Å². The highest BCUT2D eigenvalue weighted by Crippen LogP contribution is 2.42. The van der Waals surface area contributed by atoms with Crippen LogP contribution in [0.1, 0.15) is 58.9 Å². The average molecular weight is 615 g/mol. The lowest BCUT2D eigenvalue weighted by Gasteiger charge is -2.36. The van der Waals surface area contributed by atoms with Gasteiger partial charge in [-0.2, -0.15) is 9.97 Å². The number of fused-ring (bicyclic) bond motifs is 2. The first-order chi connectivity index (χ1) is 18.3. The van der Waals surface area contributed by atoms with Crippen molar-refractivity contribution in [1.82, 2.24) is 19.8 Å². The van der Waals surface area contributed by atoms with Crippen molar-refractivity contribution in [2.24, 2.45) is 0 Å². The predicted molar refractivity (Wildman–Crippen MR) is 145 cm³/mol. The van der Waals surface area contributed by atoms with E-state index in [1.807, 2.05) is 4.90 Å². The Balaban J connectivity index is 1.48. The molecule has 3 fully saturated rings. The minimum Gasteiger partial charge on any atom is -0.461 e. The van der Waals surface area contributed by atoms with Crippen LogP contribution in [0.5, 0.6) is 6.01 Å². The summed E-state index contributed by atoms with van der Waals surface area (Å²) in [4.78, 5) is 27.4. The summed E-state index contributed by atoms with van der Waals surface area (Å²) in [6, 6.07) is 1.26. The number of amides is 1. The van der Waals surface area contributed by atoms with E-state index in [0.717, 1.165) is 45.7 Å². The Bertz CT molecular complexity index is 1250. The summed E-state index contributed by atoms with van der Waals surface area (Å²) in [6.45, 7) is 9.99. The fraction of sp³-hybridized carbons (Fsp3) is 0.667. The van der Waals surface area contributed by atoms with Crippen molar-refractivity contribution < 1.29 is 27.4 Å². The zero-order chi connectivity index (χ0) is 28.2. The van der Waals surface area contributed by atoms with E-state index >= 15 is 4.39 Å². The number of nitrogens with zero attached hydrogens (tertiary/aromatic N) is 5. The molecular weight excluding hydrogens is 579 g/mol. The quantitative estimate of drug-likeness (QED) is 0.428. The molecule has 1 amide bonds. The van der Waals surface area contributed by atoms with Gasteiger partial charge in [0.2, 0.25) is 0 Å². The Hall–Kier alpha value is -2.34. The SMILES string of the molecule is CC(C)(C)OC(=O)N1CCN(c2nc(OCC34CCCN3CCC4)nc3c(F)c(Br)c(C(C)(F)F)cc23)CC1. The van der Waals surface area contributed by atoms with Crippen LogP contribution < -0.4 is 9.64 Å². The summed E-state index contributed by atoms with van der Waals surface area (Å²) in [5.74, 6) is -3.86. The molecule has 39 heavy (non-hydrogen) atoms. The van der Waals surface area contributed by atoms with Crippen LogP contribution in [0.25, 0.3) is 10.9 Å². The largest absolute Gasteiger partial charge is 0.461 e. The average Bonchev–Trinajstić information content (AvgIpc) is 3.43. The Morgan fingerprint density at radius 3 is 2.28 bits per heavy atom. The molecule has 3 aliphatic rings. The van der Waals surface area contributed by atoms with Gasteiger partial charge in [0, 0.05) is 44.1 Å². The van der Waals surface area contributed by atoms with Crippen molar-refractivity contribution in [2.45, 2.75) is 70.4 Å². The normalized spacial score (nSPS) is 20.0. The number of benzene rings is 1. The lowest BCUT2D eigenvalue weighted by atomic mass is 9.95. The van der Waals surface area contributed by atoms with Gasteiger partial charge in [-0.25, -0.2) is 18.0 Å². The van der Waals surface area contributed by atoms with Crippen molar-refractivity contribution in [3.05, 3.63) is 21.9 Å². The molecule has 1 aromatic heterocycles. The van der Waals surface area contributed by atoms with Gasteiger partial charge in [-0.3, -0.25) is 4.90 Å². The third-order valence-corrected chi connectivity index (χ3v) is 8.59. The third-order valence-electron chi connectivity index (χ3n) is 7.82. The molecule has 3 aliphatic heterocycles. The number of halogens is 4. The standard InChI is InChI=1S/C27H35BrF3N5O3/c1-25(2,3)39-24(37)35-13-11-34(12-14-35)22-17-15-18(26(4,30)31)19(28)20(29)21(17)32-23(33-22)38-16-27-7-5-9-36(27)10-6-8-27/h15H,5-14,16H2,1-4H3. The van der Waals surface area contributed by atoms with Gasteiger partial charge >= 0.3 is 12.1 Å². The topological polar surface area (TPSA) is 71.0 Å². The van der Waals surface area contributed by atoms with Crippen molar-refractivity contribution in [3.8, 4) is 6.01 Å². The van der Waals surface area contributed by atoms with Crippen molar-refractivity contribution >= 4 is 38.7 Å². The van der Waals surface area contributed by atoms with Gasteiger partial charge < -0.3 is 19.3 Å². The van der Waals surface area contributed by atoms with Crippen LogP contribution >= 0.6 is 15.9 Å². The lowest BCUT2D eigenvalue weighted by Crippen LogP contribution is -2.50. The van der Waals surface area contributed by atoms with E-state index in [2.05, 4.69) is 30.8 Å². The van der Waals surface area contributed by atoms with Gasteiger partial charge in [0.1, 0.15) is 23.5 Å². The second-order valence-corrected chi connectivity index (χ2v) is 12.6. The van der Waals surface area contributed by atoms with Crippen molar-refractivity contribution in [1.29, 1.82) is 0 Å². The number of carbonyl (C=O) groups excluding carboxylic acids is 1. The molecule has 4 heterocycles. The predicted octanol–water partition coefficient (Wildman–Crippen LogP) is 5.71. The number of piperazine rings is 1. The number of rotatable bonds is 5. The maximum absolute atomic E-state index is 15.6. The summed E-state index contributed by atoms with van der Waals surface area (Å²) in [7, 11) is 0. The molecule has 5 rings (SSSR count). The van der Waals surface area contributed by atoms with Crippen LogP contribution in [0.3, 0.4) is 0 Å². The highest BCUT2D eigenvalue weighted by atomic mass is 79.9. The molecule has 0 N–H and O–H groups in total. The fourth-order valence-corrected chi connectivity index (χ4v) is 6.53. The molecule has 0 aliphatic carbocycles. The highest BCUT2D eigenvalue weighted by Gasteiger charge is 2.45. The Morgan fingerprint density at radius 1 is 1.05 bits per heavy atom. The molecule has 0 radical (unpaired) electrons. The fourth-order valence-electron chi connectivity index (χ4n) is 5.88. The van der Waals surface area contributed by atoms with Crippen LogP contribution in [-0.4, -0.2) is 82.9 Å². The van der Waals surface area contributed by atoms with E-state index < -0.39 is 29.0 Å². The monoisotopic (exact) mass is 613 g/mol. The minimum absolute atomic E-state index is 0.0157. The van der Waals surface area contributed by atoms with E-state index in [9.17, 15) is 13.6 Å². The molecule has 8 nitrogen and oxygen atoms in total. The van der Waals surface area contributed by atoms with Crippen molar-refractivity contribution in [2.75, 3.05) is 50.8 Å². The molecule has 0 atom stereocenters. The number of ether oxygens (including phenoxy) is 2. The van der Waals surface area contributed by atoms with E-state index in [4.69, 9.17) is 9.47 Å². The Morgan fingerprint density at radius 2 is 1.69 bits per heavy atom. The summed E-state index contributed by atoms with van der Waals surface area (Å²) in [5, 5.41) is 0.173. The molecule has 214 valence electrons. The van der Waals surface area contributed by atoms with Gasteiger partial charge in [-0.1, -0.05) is 0 Å². The van der Waals surface area contributed by atoms with Gasteiger partial charge in [-0.05, 0) is 81.5 Å². The number of aromatic nitrogens is 2. The van der Waals surface area contributed by atoms with E-state index in [0.29, 0.717) is 38.6 Å². The summed E-state index contributed by atoms with van der Waals surface area (Å²) < 4.78 is 55.7. The Kier molecular flexibility index (Phi) is 7.41. The van der Waals surface area contributed by atoms with Gasteiger partial charge in [0.15, 0.2) is 5.82 Å². The summed E-state index contributed by atoms with van der Waals surface area (Å²) >= 11 is 3.02. The van der Waals surface area contributed by atoms with Crippen molar-refractivity contribution in [3.63, 3.8) is 0 Å². The van der Waals surface area contributed by atoms with Crippen LogP contribution in [0.2, 0.25) is 0 Å². The van der Waals surface area contributed by atoms with Gasteiger partial charge in [0.05, 0.1) is 10.0 Å². The number of anilines is 1. The number of carbonyl (C=O) groups is 1. The molecule has 12 heteroatoms. The summed E-state index contributed by atoms with van der Waals surface area (Å²) in [6.07, 6.45) is 3.83. The second kappa shape index (κ2) is 10.2. The first-order valence-electron chi connectivity index (χ1n) is 13.5. The number of hydrogen-bond acceptors (Lipinski definition) is 7. The third kappa shape index (κ3) is 5.64. The molecule has 0 saturated carbocycles. The molecule has 0 bridgehead atoms. The molecule has 0 spiro atoms. The maximum Gasteiger partial charge on any atom is 0.410 e. The zero-order valence-electron chi connectivity index (χ0n) is 22.8.